The Morgan fingerprint density at radius 1 is 1.28 bits per heavy atom. The molecule has 3 aromatic rings. The van der Waals surface area contributed by atoms with Crippen LogP contribution in [0.2, 0.25) is 0 Å². The van der Waals surface area contributed by atoms with Gasteiger partial charge in [-0.2, -0.15) is 18.2 Å². The molecular weight excluding hydrogens is 461 g/mol. The molecule has 3 heterocycles. The van der Waals surface area contributed by atoms with Gasteiger partial charge in [-0.15, -0.1) is 11.3 Å². The number of fused-ring (bicyclic) bond motifs is 1. The van der Waals surface area contributed by atoms with Crippen molar-refractivity contribution in [3.05, 3.63) is 50.7 Å². The third kappa shape index (κ3) is 4.11. The van der Waals surface area contributed by atoms with Crippen molar-refractivity contribution in [2.24, 2.45) is 0 Å². The van der Waals surface area contributed by atoms with E-state index < -0.39 is 54.8 Å². The molecule has 0 saturated carbocycles. The van der Waals surface area contributed by atoms with E-state index in [1.165, 1.54) is 18.3 Å². The Bertz CT molecular complexity index is 1220. The zero-order chi connectivity index (χ0) is 23.3. The summed E-state index contributed by atoms with van der Waals surface area (Å²) in [5.41, 5.74) is -0.390. The monoisotopic (exact) mass is 473 g/mol. The van der Waals surface area contributed by atoms with Crippen LogP contribution in [0.5, 0.6) is 0 Å². The second-order valence-corrected chi connectivity index (χ2v) is 8.25. The third-order valence-electron chi connectivity index (χ3n) is 4.84. The topological polar surface area (TPSA) is 106 Å². The number of carbonyl (C=O) groups is 2. The van der Waals surface area contributed by atoms with Crippen LogP contribution in [0.15, 0.2) is 22.9 Å². The minimum absolute atomic E-state index is 0.00431. The summed E-state index contributed by atoms with van der Waals surface area (Å²) >= 11 is 0.828. The van der Waals surface area contributed by atoms with Crippen LogP contribution in [0.3, 0.4) is 0 Å². The molecule has 0 amide bonds. The molecule has 168 valence electrons. The minimum atomic E-state index is -4.88. The van der Waals surface area contributed by atoms with Crippen LogP contribution in [-0.4, -0.2) is 37.9 Å². The lowest BCUT2D eigenvalue weighted by Gasteiger charge is -2.21. The van der Waals surface area contributed by atoms with Crippen LogP contribution in [-0.2, 0) is 25.4 Å². The van der Waals surface area contributed by atoms with Crippen molar-refractivity contribution < 1.29 is 41.2 Å². The molecule has 0 aliphatic heterocycles. The average Bonchev–Trinajstić information content (AvgIpc) is 3.31. The molecule has 3 aromatic heterocycles. The molecule has 0 fully saturated rings. The van der Waals surface area contributed by atoms with Gasteiger partial charge < -0.3 is 9.63 Å². The highest BCUT2D eigenvalue weighted by Crippen LogP contribution is 2.45. The number of pyridine rings is 1. The van der Waals surface area contributed by atoms with Crippen LogP contribution >= 0.6 is 11.3 Å². The molecule has 0 unspecified atom stereocenters. The predicted octanol–water partition coefficient (Wildman–Crippen LogP) is 4.46. The van der Waals surface area contributed by atoms with E-state index in [4.69, 9.17) is 4.52 Å². The number of Topliss-reactive ketones (excluding diaryl/α,β-unsaturated/α-hetero) is 1. The Balaban J connectivity index is 1.79. The quantitative estimate of drug-likeness (QED) is 0.431. The number of carbonyl (C=O) groups excluding carboxylic acids is 1. The van der Waals surface area contributed by atoms with Gasteiger partial charge in [0, 0.05) is 35.2 Å². The number of carboxylic acids is 1. The van der Waals surface area contributed by atoms with E-state index in [0.717, 1.165) is 11.3 Å². The first-order valence-corrected chi connectivity index (χ1v) is 9.92. The SMILES string of the molecule is O=C(O)c1cccnc1C(=O)Cc1sc2c(c1-c1nc(C(F)(F)F)no1)CCC(F)(F)C2. The maximum atomic E-state index is 13.9. The third-order valence-corrected chi connectivity index (χ3v) is 6.07. The number of nitrogens with zero attached hydrogens (tertiary/aromatic N) is 3. The second-order valence-electron chi connectivity index (χ2n) is 7.06. The second kappa shape index (κ2) is 7.73. The fourth-order valence-corrected chi connectivity index (χ4v) is 4.87. The van der Waals surface area contributed by atoms with Crippen molar-refractivity contribution in [2.45, 2.75) is 37.8 Å². The summed E-state index contributed by atoms with van der Waals surface area (Å²) in [5.74, 6) is -7.21. The standard InChI is InChI=1S/C19H12F5N3O4S/c20-18(21)4-3-8-12(7-18)32-11(13(8)15-26-17(27-31-15)19(22,23)24)6-10(28)14-9(16(29)30)2-1-5-25-14/h1-2,5H,3-4,6-7H2,(H,29,30). The Morgan fingerprint density at radius 3 is 2.69 bits per heavy atom. The maximum absolute atomic E-state index is 13.9. The molecule has 1 aliphatic rings. The average molecular weight is 473 g/mol. The Hall–Kier alpha value is -3.22. The van der Waals surface area contributed by atoms with Crippen LogP contribution in [0.25, 0.3) is 11.5 Å². The van der Waals surface area contributed by atoms with E-state index in [1.54, 1.807) is 0 Å². The fourth-order valence-electron chi connectivity index (χ4n) is 3.45. The zero-order valence-corrected chi connectivity index (χ0v) is 16.7. The van der Waals surface area contributed by atoms with Crippen molar-refractivity contribution >= 4 is 23.1 Å². The van der Waals surface area contributed by atoms with Crippen molar-refractivity contribution in [3.8, 4) is 11.5 Å². The van der Waals surface area contributed by atoms with E-state index >= 15 is 0 Å². The Labute approximate surface area is 179 Å². The van der Waals surface area contributed by atoms with Crippen LogP contribution in [0.4, 0.5) is 22.0 Å². The van der Waals surface area contributed by atoms with Crippen molar-refractivity contribution in [1.82, 2.24) is 15.1 Å². The molecule has 13 heteroatoms. The number of ketones is 1. The first kappa shape index (κ1) is 22.0. The van der Waals surface area contributed by atoms with Crippen molar-refractivity contribution in [3.63, 3.8) is 0 Å². The number of rotatable bonds is 5. The van der Waals surface area contributed by atoms with E-state index in [-0.39, 0.29) is 33.0 Å². The number of hydrogen-bond donors (Lipinski definition) is 1. The molecule has 4 rings (SSSR count). The molecule has 0 spiro atoms. The lowest BCUT2D eigenvalue weighted by molar-refractivity contribution is -0.146. The van der Waals surface area contributed by atoms with Gasteiger partial charge in [-0.25, -0.2) is 13.6 Å². The van der Waals surface area contributed by atoms with Gasteiger partial charge in [-0.3, -0.25) is 9.78 Å². The molecule has 0 bridgehead atoms. The first-order chi connectivity index (χ1) is 15.0. The zero-order valence-electron chi connectivity index (χ0n) is 15.9. The highest BCUT2D eigenvalue weighted by Gasteiger charge is 2.41. The summed E-state index contributed by atoms with van der Waals surface area (Å²) in [6.45, 7) is 0. The Kier molecular flexibility index (Phi) is 5.31. The number of aromatic nitrogens is 3. The van der Waals surface area contributed by atoms with Gasteiger partial charge in [0.15, 0.2) is 5.78 Å². The van der Waals surface area contributed by atoms with Gasteiger partial charge in [-0.1, -0.05) is 5.16 Å². The van der Waals surface area contributed by atoms with Gasteiger partial charge in [0.2, 0.25) is 0 Å². The number of thiophene rings is 1. The van der Waals surface area contributed by atoms with Crippen LogP contribution < -0.4 is 0 Å². The molecule has 7 nitrogen and oxygen atoms in total. The lowest BCUT2D eigenvalue weighted by Crippen LogP contribution is -2.24. The van der Waals surface area contributed by atoms with Gasteiger partial charge in [0.05, 0.1) is 11.1 Å². The molecule has 0 atom stereocenters. The van der Waals surface area contributed by atoms with Crippen LogP contribution in [0.1, 0.15) is 48.4 Å². The fraction of sp³-hybridized carbons (Fsp3) is 0.316. The molecule has 1 N–H and O–H groups in total. The largest absolute Gasteiger partial charge is 0.478 e. The van der Waals surface area contributed by atoms with Crippen molar-refractivity contribution in [1.29, 1.82) is 0 Å². The maximum Gasteiger partial charge on any atom is 0.455 e. The number of alkyl halides is 5. The summed E-state index contributed by atoms with van der Waals surface area (Å²) in [6.07, 6.45) is -5.48. The summed E-state index contributed by atoms with van der Waals surface area (Å²) in [4.78, 5) is 31.7. The summed E-state index contributed by atoms with van der Waals surface area (Å²) in [5, 5.41) is 12.2. The Morgan fingerprint density at radius 2 is 2.03 bits per heavy atom. The highest BCUT2D eigenvalue weighted by molar-refractivity contribution is 7.12. The van der Waals surface area contributed by atoms with Crippen LogP contribution in [0, 0.1) is 0 Å². The molecular formula is C19H12F5N3O4S. The van der Waals surface area contributed by atoms with Crippen molar-refractivity contribution in [2.75, 3.05) is 0 Å². The van der Waals surface area contributed by atoms with Gasteiger partial charge in [0.25, 0.3) is 17.6 Å². The number of halogens is 5. The highest BCUT2D eigenvalue weighted by atomic mass is 32.1. The number of carboxylic acid groups (broad SMARTS) is 1. The van der Waals surface area contributed by atoms with E-state index in [2.05, 4.69) is 15.1 Å². The minimum Gasteiger partial charge on any atom is -0.478 e. The smallest absolute Gasteiger partial charge is 0.455 e. The normalized spacial score (nSPS) is 15.4. The first-order valence-electron chi connectivity index (χ1n) is 9.10. The molecule has 0 saturated heterocycles. The van der Waals surface area contributed by atoms with E-state index in [1.807, 2.05) is 0 Å². The van der Waals surface area contributed by atoms with E-state index in [9.17, 15) is 36.6 Å². The van der Waals surface area contributed by atoms with Gasteiger partial charge in [0.1, 0.15) is 5.69 Å². The summed E-state index contributed by atoms with van der Waals surface area (Å²) in [6, 6.07) is 2.51. The number of aromatic carboxylic acids is 1. The van der Waals surface area contributed by atoms with Gasteiger partial charge in [-0.05, 0) is 24.1 Å². The molecule has 0 aromatic carbocycles. The number of hydrogen-bond acceptors (Lipinski definition) is 7. The van der Waals surface area contributed by atoms with E-state index in [0.29, 0.717) is 5.56 Å². The summed E-state index contributed by atoms with van der Waals surface area (Å²) in [7, 11) is 0. The lowest BCUT2D eigenvalue weighted by atomic mass is 9.91. The summed E-state index contributed by atoms with van der Waals surface area (Å²) < 4.78 is 71.4. The molecule has 0 radical (unpaired) electrons. The predicted molar refractivity (Wildman–Crippen MR) is 98.8 cm³/mol. The molecule has 32 heavy (non-hydrogen) atoms. The molecule has 1 aliphatic carbocycles. The van der Waals surface area contributed by atoms with Gasteiger partial charge >= 0.3 is 12.1 Å².